The Kier molecular flexibility index (Phi) is 8.42. The lowest BCUT2D eigenvalue weighted by Crippen LogP contribution is -2.00. The molecule has 0 bridgehead atoms. The van der Waals surface area contributed by atoms with Gasteiger partial charge in [0.1, 0.15) is 11.2 Å². The quantitative estimate of drug-likeness (QED) is 0.161. The molecule has 0 aliphatic rings. The molecule has 3 aromatic heterocycles. The van der Waals surface area contributed by atoms with Crippen LogP contribution >= 0.6 is 0 Å². The van der Waals surface area contributed by atoms with Crippen molar-refractivity contribution in [3.05, 3.63) is 218 Å². The molecule has 0 aliphatic carbocycles. The smallest absolute Gasteiger partial charge is 0.164 e. The van der Waals surface area contributed by atoms with E-state index in [0.29, 0.717) is 17.5 Å². The Bertz CT molecular complexity index is 3480. The lowest BCUT2D eigenvalue weighted by atomic mass is 10.0. The molecule has 12 rings (SSSR count). The van der Waals surface area contributed by atoms with Gasteiger partial charge in [0.25, 0.3) is 0 Å². The van der Waals surface area contributed by atoms with Gasteiger partial charge in [-0.1, -0.05) is 188 Å². The first-order valence-corrected chi connectivity index (χ1v) is 20.8. The molecule has 9 aromatic carbocycles. The number of benzene rings is 9. The van der Waals surface area contributed by atoms with Gasteiger partial charge in [0.15, 0.2) is 17.5 Å². The lowest BCUT2D eigenvalue weighted by molar-refractivity contribution is 0.670. The zero-order chi connectivity index (χ0) is 41.0. The molecule has 62 heavy (non-hydrogen) atoms. The molecule has 12 aromatic rings. The molecule has 0 amide bonds. The maximum Gasteiger partial charge on any atom is 0.164 e. The van der Waals surface area contributed by atoms with Crippen LogP contribution in [-0.2, 0) is 0 Å². The van der Waals surface area contributed by atoms with Crippen molar-refractivity contribution in [2.24, 2.45) is 0 Å². The van der Waals surface area contributed by atoms with Crippen molar-refractivity contribution in [3.63, 3.8) is 0 Å². The van der Waals surface area contributed by atoms with Gasteiger partial charge >= 0.3 is 0 Å². The zero-order valence-corrected chi connectivity index (χ0v) is 33.5. The Labute approximate surface area is 357 Å². The molecule has 0 saturated carbocycles. The summed E-state index contributed by atoms with van der Waals surface area (Å²) in [4.78, 5) is 15.2. The van der Waals surface area contributed by atoms with E-state index in [1.54, 1.807) is 0 Å². The van der Waals surface area contributed by atoms with E-state index in [2.05, 4.69) is 211 Å². The van der Waals surface area contributed by atoms with Crippen molar-refractivity contribution < 1.29 is 4.42 Å². The minimum Gasteiger partial charge on any atom is -0.455 e. The number of aromatic nitrogens is 4. The summed E-state index contributed by atoms with van der Waals surface area (Å²) >= 11 is 0. The Morgan fingerprint density at radius 2 is 0.758 bits per heavy atom. The summed E-state index contributed by atoms with van der Waals surface area (Å²) < 4.78 is 9.13. The molecule has 0 fully saturated rings. The van der Waals surface area contributed by atoms with Gasteiger partial charge in [-0.3, -0.25) is 0 Å². The summed E-state index contributed by atoms with van der Waals surface area (Å²) in [7, 11) is 0. The van der Waals surface area contributed by atoms with Crippen LogP contribution in [0.1, 0.15) is 0 Å². The van der Waals surface area contributed by atoms with Gasteiger partial charge in [-0.25, -0.2) is 15.0 Å². The van der Waals surface area contributed by atoms with Gasteiger partial charge in [-0.2, -0.15) is 0 Å². The average molecular weight is 793 g/mol. The Morgan fingerprint density at radius 3 is 1.32 bits per heavy atom. The van der Waals surface area contributed by atoms with Gasteiger partial charge in [0.05, 0.1) is 11.0 Å². The highest BCUT2D eigenvalue weighted by Crippen LogP contribution is 2.41. The Hall–Kier alpha value is -8.41. The third-order valence-corrected chi connectivity index (χ3v) is 11.9. The van der Waals surface area contributed by atoms with E-state index in [9.17, 15) is 0 Å². The highest BCUT2D eigenvalue weighted by molar-refractivity contribution is 6.18. The standard InChI is InChI=1S/C57H36N4O/c1-4-13-37(14-5-1)39-23-29-42(30-24-39)55-58-56(43-31-25-40(26-32-43)38-15-6-2-7-16-38)60-57(59-55)44-33-27-41(28-34-44)46-20-12-21-48-50-35-49-47-19-10-11-22-51(47)61(45-17-8-3-9-18-45)52(49)36-53(50)62-54(46)48/h1-36H. The van der Waals surface area contributed by atoms with Crippen molar-refractivity contribution >= 4 is 43.7 Å². The number of rotatable bonds is 7. The van der Waals surface area contributed by atoms with E-state index in [-0.39, 0.29) is 0 Å². The number of hydrogen-bond donors (Lipinski definition) is 0. The normalized spacial score (nSPS) is 11.5. The van der Waals surface area contributed by atoms with Crippen LogP contribution < -0.4 is 0 Å². The molecule has 5 heteroatoms. The van der Waals surface area contributed by atoms with Crippen molar-refractivity contribution in [2.45, 2.75) is 0 Å². The second-order valence-corrected chi connectivity index (χ2v) is 15.6. The summed E-state index contributed by atoms with van der Waals surface area (Å²) in [5, 5.41) is 4.60. The summed E-state index contributed by atoms with van der Waals surface area (Å²) in [6.45, 7) is 0. The number of para-hydroxylation sites is 3. The monoisotopic (exact) mass is 792 g/mol. The molecular weight excluding hydrogens is 757 g/mol. The fourth-order valence-corrected chi connectivity index (χ4v) is 8.79. The molecule has 5 nitrogen and oxygen atoms in total. The van der Waals surface area contributed by atoms with Crippen LogP contribution in [-0.4, -0.2) is 19.5 Å². The molecule has 0 saturated heterocycles. The van der Waals surface area contributed by atoms with Crippen LogP contribution in [0.3, 0.4) is 0 Å². The molecule has 0 spiro atoms. The van der Waals surface area contributed by atoms with E-state index in [4.69, 9.17) is 19.4 Å². The number of nitrogens with zero attached hydrogens (tertiary/aromatic N) is 4. The minimum absolute atomic E-state index is 0.607. The van der Waals surface area contributed by atoms with E-state index in [1.807, 2.05) is 12.1 Å². The molecule has 0 aliphatic heterocycles. The van der Waals surface area contributed by atoms with E-state index >= 15 is 0 Å². The maximum atomic E-state index is 6.80. The average Bonchev–Trinajstić information content (AvgIpc) is 3.89. The zero-order valence-electron chi connectivity index (χ0n) is 33.5. The SMILES string of the molecule is c1ccc(-c2ccc(-c3nc(-c4ccc(-c5ccccc5)cc4)nc(-c4ccc(-c5cccc6c5oc5cc7c(cc56)c5ccccc5n7-c5ccccc5)cc4)n3)cc2)cc1. The highest BCUT2D eigenvalue weighted by atomic mass is 16.3. The summed E-state index contributed by atoms with van der Waals surface area (Å²) in [6, 6.07) is 76.2. The Morgan fingerprint density at radius 1 is 0.306 bits per heavy atom. The van der Waals surface area contributed by atoms with Crippen LogP contribution in [0.5, 0.6) is 0 Å². The van der Waals surface area contributed by atoms with Crippen LogP contribution in [0.2, 0.25) is 0 Å². The first kappa shape index (κ1) is 35.5. The first-order valence-electron chi connectivity index (χ1n) is 20.8. The molecule has 0 unspecified atom stereocenters. The summed E-state index contributed by atoms with van der Waals surface area (Å²) in [5.41, 5.74) is 14.5. The van der Waals surface area contributed by atoms with E-state index in [0.717, 1.165) is 83.2 Å². The topological polar surface area (TPSA) is 56.7 Å². The highest BCUT2D eigenvalue weighted by Gasteiger charge is 2.19. The van der Waals surface area contributed by atoms with Gasteiger partial charge in [0, 0.05) is 55.6 Å². The van der Waals surface area contributed by atoms with Crippen LogP contribution in [0.15, 0.2) is 223 Å². The van der Waals surface area contributed by atoms with Crippen molar-refractivity contribution in [1.82, 2.24) is 19.5 Å². The summed E-state index contributed by atoms with van der Waals surface area (Å²) in [5.74, 6) is 1.84. The van der Waals surface area contributed by atoms with Crippen molar-refractivity contribution in [1.29, 1.82) is 0 Å². The van der Waals surface area contributed by atoms with Crippen molar-refractivity contribution in [2.75, 3.05) is 0 Å². The fraction of sp³-hybridized carbons (Fsp3) is 0. The van der Waals surface area contributed by atoms with Crippen LogP contribution in [0.25, 0.3) is 117 Å². The first-order chi connectivity index (χ1) is 30.7. The minimum atomic E-state index is 0.607. The second kappa shape index (κ2) is 14.7. The number of hydrogen-bond acceptors (Lipinski definition) is 4. The van der Waals surface area contributed by atoms with Crippen molar-refractivity contribution in [3.8, 4) is 73.2 Å². The molecule has 0 radical (unpaired) electrons. The van der Waals surface area contributed by atoms with Gasteiger partial charge in [0.2, 0.25) is 0 Å². The second-order valence-electron chi connectivity index (χ2n) is 15.6. The largest absolute Gasteiger partial charge is 0.455 e. The Balaban J connectivity index is 0.940. The fourth-order valence-electron chi connectivity index (χ4n) is 8.79. The maximum absolute atomic E-state index is 6.80. The van der Waals surface area contributed by atoms with E-state index in [1.165, 1.54) is 16.3 Å². The predicted molar refractivity (Wildman–Crippen MR) is 254 cm³/mol. The van der Waals surface area contributed by atoms with E-state index < -0.39 is 0 Å². The third kappa shape index (κ3) is 6.14. The predicted octanol–water partition coefficient (Wildman–Crippen LogP) is 14.9. The lowest BCUT2D eigenvalue weighted by Gasteiger charge is -2.10. The molecular formula is C57H36N4O. The van der Waals surface area contributed by atoms with Crippen LogP contribution in [0, 0.1) is 0 Å². The molecule has 3 heterocycles. The van der Waals surface area contributed by atoms with Gasteiger partial charge < -0.3 is 8.98 Å². The van der Waals surface area contributed by atoms with Gasteiger partial charge in [-0.05, 0) is 52.1 Å². The van der Waals surface area contributed by atoms with Gasteiger partial charge in [-0.15, -0.1) is 0 Å². The third-order valence-electron chi connectivity index (χ3n) is 11.9. The summed E-state index contributed by atoms with van der Waals surface area (Å²) in [6.07, 6.45) is 0. The molecule has 0 N–H and O–H groups in total. The number of fused-ring (bicyclic) bond motifs is 6. The number of furan rings is 1. The molecule has 290 valence electrons. The van der Waals surface area contributed by atoms with Crippen LogP contribution in [0.4, 0.5) is 0 Å². The molecule has 0 atom stereocenters.